The van der Waals surface area contributed by atoms with Gasteiger partial charge in [-0.05, 0) is 25.0 Å². The molecule has 1 amide bonds. The maximum atomic E-state index is 12.7. The summed E-state index contributed by atoms with van der Waals surface area (Å²) in [5.74, 6) is -1.28. The summed E-state index contributed by atoms with van der Waals surface area (Å²) in [5, 5.41) is 10.1. The van der Waals surface area contributed by atoms with E-state index < -0.39 is 5.97 Å². The van der Waals surface area contributed by atoms with Crippen LogP contribution in [0.1, 0.15) is 23.3 Å². The number of aliphatic carboxylic acids is 1. The monoisotopic (exact) mass is 302 g/mol. The van der Waals surface area contributed by atoms with Crippen LogP contribution < -0.4 is 0 Å². The Bertz CT molecular complexity index is 655. The smallest absolute Gasteiger partial charge is 0.323 e. The summed E-state index contributed by atoms with van der Waals surface area (Å²) in [6.45, 7) is 0.820. The van der Waals surface area contributed by atoms with Gasteiger partial charge >= 0.3 is 5.97 Å². The van der Waals surface area contributed by atoms with E-state index in [2.05, 4.69) is 4.98 Å². The topological polar surface area (TPSA) is 82.6 Å². The summed E-state index contributed by atoms with van der Waals surface area (Å²) in [6, 6.07) is 9.27. The molecular weight excluding hydrogens is 284 g/mol. The van der Waals surface area contributed by atoms with Crippen molar-refractivity contribution in [1.82, 2.24) is 9.88 Å². The molecule has 0 spiro atoms. The predicted molar refractivity (Wildman–Crippen MR) is 80.8 cm³/mol. The number of nitrogens with zero attached hydrogens (tertiary/aromatic N) is 1. The number of carbonyl (C=O) groups excluding carboxylic acids is 1. The van der Waals surface area contributed by atoms with Crippen LogP contribution in [0.3, 0.4) is 0 Å². The quantitative estimate of drug-likeness (QED) is 0.903. The SMILES string of the molecule is O=C(O)CN(C(=O)c1cc2ccccc2[nH]1)C1CCOCC1. The average Bonchev–Trinajstić information content (AvgIpc) is 2.96. The Labute approximate surface area is 127 Å². The van der Waals surface area contributed by atoms with Crippen molar-refractivity contribution in [2.45, 2.75) is 18.9 Å². The van der Waals surface area contributed by atoms with E-state index in [4.69, 9.17) is 9.84 Å². The van der Waals surface area contributed by atoms with Crippen molar-refractivity contribution in [3.05, 3.63) is 36.0 Å². The van der Waals surface area contributed by atoms with E-state index in [0.29, 0.717) is 31.7 Å². The Morgan fingerprint density at radius 2 is 2.00 bits per heavy atom. The number of carboxylic acids is 1. The van der Waals surface area contributed by atoms with Gasteiger partial charge in [-0.25, -0.2) is 0 Å². The molecule has 2 N–H and O–H groups in total. The molecule has 0 radical (unpaired) electrons. The number of amides is 1. The van der Waals surface area contributed by atoms with Crippen molar-refractivity contribution in [3.8, 4) is 0 Å². The first kappa shape index (κ1) is 14.6. The fraction of sp³-hybridized carbons (Fsp3) is 0.375. The molecule has 1 aliphatic heterocycles. The van der Waals surface area contributed by atoms with Gasteiger partial charge in [0.1, 0.15) is 12.2 Å². The second-order valence-electron chi connectivity index (χ2n) is 5.44. The van der Waals surface area contributed by atoms with Gasteiger partial charge in [0.05, 0.1) is 0 Å². The lowest BCUT2D eigenvalue weighted by atomic mass is 10.1. The third kappa shape index (κ3) is 2.96. The minimum absolute atomic E-state index is 0.0937. The van der Waals surface area contributed by atoms with Crippen molar-refractivity contribution < 1.29 is 19.4 Å². The molecule has 1 saturated heterocycles. The summed E-state index contributed by atoms with van der Waals surface area (Å²) >= 11 is 0. The highest BCUT2D eigenvalue weighted by atomic mass is 16.5. The van der Waals surface area contributed by atoms with Gasteiger partial charge in [-0.2, -0.15) is 0 Å². The lowest BCUT2D eigenvalue weighted by Crippen LogP contribution is -2.46. The highest BCUT2D eigenvalue weighted by Crippen LogP contribution is 2.20. The number of benzene rings is 1. The highest BCUT2D eigenvalue weighted by molar-refractivity contribution is 5.99. The number of para-hydroxylation sites is 1. The Morgan fingerprint density at radius 1 is 1.27 bits per heavy atom. The van der Waals surface area contributed by atoms with Gasteiger partial charge in [0, 0.05) is 30.2 Å². The van der Waals surface area contributed by atoms with Crippen molar-refractivity contribution in [1.29, 1.82) is 0 Å². The summed E-state index contributed by atoms with van der Waals surface area (Å²) in [7, 11) is 0. The molecule has 0 atom stereocenters. The number of H-pyrrole nitrogens is 1. The van der Waals surface area contributed by atoms with Crippen LogP contribution in [0.4, 0.5) is 0 Å². The van der Waals surface area contributed by atoms with Gasteiger partial charge in [0.2, 0.25) is 0 Å². The normalized spacial score (nSPS) is 15.8. The first-order valence-corrected chi connectivity index (χ1v) is 7.33. The molecule has 0 saturated carbocycles. The van der Waals surface area contributed by atoms with Gasteiger partial charge in [-0.15, -0.1) is 0 Å². The zero-order valence-corrected chi connectivity index (χ0v) is 12.1. The van der Waals surface area contributed by atoms with Crippen LogP contribution in [0.25, 0.3) is 10.9 Å². The van der Waals surface area contributed by atoms with E-state index >= 15 is 0 Å². The molecule has 3 rings (SSSR count). The first-order chi connectivity index (χ1) is 10.6. The second-order valence-corrected chi connectivity index (χ2v) is 5.44. The molecule has 2 heterocycles. The molecule has 1 fully saturated rings. The molecule has 6 nitrogen and oxygen atoms in total. The zero-order valence-electron chi connectivity index (χ0n) is 12.1. The number of ether oxygens (including phenoxy) is 1. The molecule has 22 heavy (non-hydrogen) atoms. The zero-order chi connectivity index (χ0) is 15.5. The maximum absolute atomic E-state index is 12.7. The first-order valence-electron chi connectivity index (χ1n) is 7.33. The van der Waals surface area contributed by atoms with Gasteiger partial charge in [-0.1, -0.05) is 18.2 Å². The van der Waals surface area contributed by atoms with Crippen LogP contribution >= 0.6 is 0 Å². The standard InChI is InChI=1S/C16H18N2O4/c19-15(20)10-18(12-5-7-22-8-6-12)16(21)14-9-11-3-1-2-4-13(11)17-14/h1-4,9,12,17H,5-8,10H2,(H,19,20). The van der Waals surface area contributed by atoms with Gasteiger partial charge in [0.15, 0.2) is 0 Å². The number of nitrogens with one attached hydrogen (secondary N) is 1. The number of hydrogen-bond donors (Lipinski definition) is 2. The number of carbonyl (C=O) groups is 2. The third-order valence-electron chi connectivity index (χ3n) is 3.96. The summed E-state index contributed by atoms with van der Waals surface area (Å²) in [6.07, 6.45) is 1.33. The van der Waals surface area contributed by atoms with Gasteiger partial charge in [-0.3, -0.25) is 9.59 Å². The molecular formula is C16H18N2O4. The Hall–Kier alpha value is -2.34. The highest BCUT2D eigenvalue weighted by Gasteiger charge is 2.29. The van der Waals surface area contributed by atoms with E-state index in [0.717, 1.165) is 10.9 Å². The Kier molecular flexibility index (Phi) is 4.11. The van der Waals surface area contributed by atoms with Crippen LogP contribution in [0.2, 0.25) is 0 Å². The molecule has 1 aromatic heterocycles. The number of hydrogen-bond acceptors (Lipinski definition) is 3. The summed E-state index contributed by atoms with van der Waals surface area (Å²) in [4.78, 5) is 28.4. The molecule has 116 valence electrons. The van der Waals surface area contributed by atoms with Crippen molar-refractivity contribution in [3.63, 3.8) is 0 Å². The van der Waals surface area contributed by atoms with Crippen LogP contribution in [-0.2, 0) is 9.53 Å². The van der Waals surface area contributed by atoms with Crippen LogP contribution in [0, 0.1) is 0 Å². The van der Waals surface area contributed by atoms with Crippen LogP contribution in [0.5, 0.6) is 0 Å². The number of aromatic amines is 1. The van der Waals surface area contributed by atoms with E-state index in [9.17, 15) is 9.59 Å². The minimum Gasteiger partial charge on any atom is -0.480 e. The predicted octanol–water partition coefficient (Wildman–Crippen LogP) is 1.87. The van der Waals surface area contributed by atoms with E-state index in [1.807, 2.05) is 24.3 Å². The largest absolute Gasteiger partial charge is 0.480 e. The molecule has 1 aromatic carbocycles. The van der Waals surface area contributed by atoms with Crippen LogP contribution in [-0.4, -0.2) is 52.7 Å². The number of aromatic nitrogens is 1. The summed E-state index contributed by atoms with van der Waals surface area (Å²) < 4.78 is 5.30. The number of fused-ring (bicyclic) bond motifs is 1. The van der Waals surface area contributed by atoms with E-state index in [-0.39, 0.29) is 18.5 Å². The number of carboxylic acid groups (broad SMARTS) is 1. The third-order valence-corrected chi connectivity index (χ3v) is 3.96. The molecule has 1 aliphatic rings. The lowest BCUT2D eigenvalue weighted by Gasteiger charge is -2.32. The van der Waals surface area contributed by atoms with E-state index in [1.165, 1.54) is 4.90 Å². The molecule has 6 heteroatoms. The van der Waals surface area contributed by atoms with E-state index in [1.54, 1.807) is 6.07 Å². The van der Waals surface area contributed by atoms with Crippen molar-refractivity contribution >= 4 is 22.8 Å². The molecule has 0 aliphatic carbocycles. The Balaban J connectivity index is 1.88. The maximum Gasteiger partial charge on any atom is 0.323 e. The Morgan fingerprint density at radius 3 is 2.68 bits per heavy atom. The average molecular weight is 302 g/mol. The van der Waals surface area contributed by atoms with Crippen molar-refractivity contribution in [2.24, 2.45) is 0 Å². The lowest BCUT2D eigenvalue weighted by molar-refractivity contribution is -0.138. The second kappa shape index (κ2) is 6.19. The summed E-state index contributed by atoms with van der Waals surface area (Å²) in [5.41, 5.74) is 1.29. The fourth-order valence-corrected chi connectivity index (χ4v) is 2.85. The molecule has 0 unspecified atom stereocenters. The number of rotatable bonds is 4. The molecule has 2 aromatic rings. The minimum atomic E-state index is -1.00. The van der Waals surface area contributed by atoms with Gasteiger partial charge in [0.25, 0.3) is 5.91 Å². The van der Waals surface area contributed by atoms with Gasteiger partial charge < -0.3 is 19.7 Å². The van der Waals surface area contributed by atoms with Crippen molar-refractivity contribution in [2.75, 3.05) is 19.8 Å². The molecule has 0 bridgehead atoms. The van der Waals surface area contributed by atoms with Crippen LogP contribution in [0.15, 0.2) is 30.3 Å². The fourth-order valence-electron chi connectivity index (χ4n) is 2.85.